The van der Waals surface area contributed by atoms with E-state index in [4.69, 9.17) is 0 Å². The van der Waals surface area contributed by atoms with E-state index < -0.39 is 5.41 Å². The number of fused-ring (bicyclic) bond motifs is 14. The van der Waals surface area contributed by atoms with Gasteiger partial charge in [0.25, 0.3) is 6.71 Å². The number of hydrogen-bond donors (Lipinski definition) is 0. The fourth-order valence-electron chi connectivity index (χ4n) is 15.4. The summed E-state index contributed by atoms with van der Waals surface area (Å²) in [5, 5.41) is 0. The molecule has 1 aliphatic carbocycles. The van der Waals surface area contributed by atoms with Crippen LogP contribution in [-0.4, -0.2) is 6.71 Å². The zero-order valence-electron chi connectivity index (χ0n) is 56.3. The van der Waals surface area contributed by atoms with Crippen molar-refractivity contribution in [1.29, 1.82) is 0 Å². The minimum absolute atomic E-state index is 0.0308. The van der Waals surface area contributed by atoms with Crippen molar-refractivity contribution in [3.05, 3.63) is 287 Å². The Bertz CT molecular complexity index is 4630. The highest BCUT2D eigenvalue weighted by atomic mass is 32.2. The Hall–Kier alpha value is -8.77. The molecule has 11 aromatic rings. The zero-order chi connectivity index (χ0) is 64.2. The lowest BCUT2D eigenvalue weighted by Gasteiger charge is -2.46. The van der Waals surface area contributed by atoms with Crippen LogP contribution in [0.1, 0.15) is 154 Å². The van der Waals surface area contributed by atoms with Crippen LogP contribution in [0.4, 0.5) is 51.2 Å². The summed E-state index contributed by atoms with van der Waals surface area (Å²) in [5.74, 6) is 0. The molecular formula is C87H84BN3S. The first kappa shape index (κ1) is 59.5. The van der Waals surface area contributed by atoms with Crippen molar-refractivity contribution in [2.45, 2.75) is 146 Å². The molecule has 0 aromatic heterocycles. The van der Waals surface area contributed by atoms with Gasteiger partial charge in [0.2, 0.25) is 0 Å². The van der Waals surface area contributed by atoms with E-state index in [1.807, 2.05) is 11.8 Å². The van der Waals surface area contributed by atoms with Gasteiger partial charge in [-0.1, -0.05) is 273 Å². The molecule has 3 heterocycles. The van der Waals surface area contributed by atoms with Crippen LogP contribution in [-0.2, 0) is 32.5 Å². The van der Waals surface area contributed by atoms with Crippen molar-refractivity contribution >= 4 is 86.0 Å². The quantitative estimate of drug-likeness (QED) is 0.153. The molecule has 0 amide bonds. The number of nitrogens with zero attached hydrogens (tertiary/aromatic N) is 3. The molecule has 3 aliphatic heterocycles. The maximum absolute atomic E-state index is 2.71. The van der Waals surface area contributed by atoms with E-state index in [1.54, 1.807) is 0 Å². The van der Waals surface area contributed by atoms with Gasteiger partial charge >= 0.3 is 0 Å². The fraction of sp³-hybridized carbons (Fsp3) is 0.241. The number of hydrogen-bond acceptors (Lipinski definition) is 4. The molecule has 11 aromatic carbocycles. The number of anilines is 9. The minimum atomic E-state index is -0.586. The average molecular weight is 1210 g/mol. The molecule has 0 atom stereocenters. The van der Waals surface area contributed by atoms with Crippen LogP contribution in [0.15, 0.2) is 246 Å². The van der Waals surface area contributed by atoms with Crippen molar-refractivity contribution in [2.75, 3.05) is 14.7 Å². The van der Waals surface area contributed by atoms with Crippen molar-refractivity contribution in [3.63, 3.8) is 0 Å². The summed E-state index contributed by atoms with van der Waals surface area (Å²) in [6.45, 7) is 34.8. The summed E-state index contributed by atoms with van der Waals surface area (Å²) in [6, 6.07) is 92.4. The third-order valence-electron chi connectivity index (χ3n) is 20.3. The first-order valence-electron chi connectivity index (χ1n) is 33.2. The van der Waals surface area contributed by atoms with Crippen molar-refractivity contribution in [1.82, 2.24) is 0 Å². The molecule has 4 aliphatic rings. The monoisotopic (exact) mass is 1210 g/mol. The summed E-state index contributed by atoms with van der Waals surface area (Å²) in [4.78, 5) is 10.5. The Kier molecular flexibility index (Phi) is 13.7. The summed E-state index contributed by atoms with van der Waals surface area (Å²) in [7, 11) is 0. The van der Waals surface area contributed by atoms with E-state index in [1.165, 1.54) is 110 Å². The number of rotatable bonds is 6. The SMILES string of the molecule is CC(C)(C)c1ccc(N(c2ccc(C(C)(C)C)cc2)c2cc3c4c(c2)N(c2ccc(C(C)(C)C)cc2)c2c(ccc5c2-c2ccccc2C52c5ccccc5Sc5ccccc52)B4c2cc(C(C)(C)C)ccc2N3c2ccc(C(C)(C)C)cc2-c2ccccc2)cc1. The Morgan fingerprint density at radius 1 is 0.337 bits per heavy atom. The molecule has 15 rings (SSSR count). The summed E-state index contributed by atoms with van der Waals surface area (Å²) in [6.07, 6.45) is 0. The first-order valence-corrected chi connectivity index (χ1v) is 34.0. The first-order chi connectivity index (χ1) is 43.8. The van der Waals surface area contributed by atoms with Crippen molar-refractivity contribution in [2.24, 2.45) is 0 Å². The van der Waals surface area contributed by atoms with Gasteiger partial charge in [-0.25, -0.2) is 0 Å². The minimum Gasteiger partial charge on any atom is -0.311 e. The van der Waals surface area contributed by atoms with Gasteiger partial charge in [-0.05, 0) is 184 Å². The van der Waals surface area contributed by atoms with Crippen LogP contribution >= 0.6 is 11.8 Å². The Morgan fingerprint density at radius 2 is 0.793 bits per heavy atom. The molecule has 92 heavy (non-hydrogen) atoms. The van der Waals surface area contributed by atoms with Crippen LogP contribution in [0.25, 0.3) is 22.3 Å². The van der Waals surface area contributed by atoms with Crippen LogP contribution in [0.2, 0.25) is 0 Å². The molecule has 0 N–H and O–H groups in total. The van der Waals surface area contributed by atoms with E-state index >= 15 is 0 Å². The Labute approximate surface area is 552 Å². The van der Waals surface area contributed by atoms with E-state index in [0.29, 0.717) is 0 Å². The Balaban J connectivity index is 1.12. The summed E-state index contributed by atoms with van der Waals surface area (Å²) < 4.78 is 0. The third-order valence-corrected chi connectivity index (χ3v) is 21.5. The zero-order valence-corrected chi connectivity index (χ0v) is 57.2. The largest absolute Gasteiger partial charge is 0.311 e. The maximum Gasteiger partial charge on any atom is 0.252 e. The normalized spacial score (nSPS) is 14.4. The number of benzene rings is 11. The lowest BCUT2D eigenvalue weighted by Crippen LogP contribution is -2.61. The van der Waals surface area contributed by atoms with Gasteiger partial charge in [0.15, 0.2) is 0 Å². The lowest BCUT2D eigenvalue weighted by molar-refractivity contribution is 0.590. The lowest BCUT2D eigenvalue weighted by atomic mass is 9.33. The molecule has 5 heteroatoms. The van der Waals surface area contributed by atoms with Gasteiger partial charge in [0.1, 0.15) is 0 Å². The Morgan fingerprint density at radius 3 is 1.34 bits per heavy atom. The summed E-state index contributed by atoms with van der Waals surface area (Å²) >= 11 is 1.91. The second kappa shape index (κ2) is 21.1. The predicted molar refractivity (Wildman–Crippen MR) is 396 cm³/mol. The van der Waals surface area contributed by atoms with Crippen LogP contribution in [0.3, 0.4) is 0 Å². The summed E-state index contributed by atoms with van der Waals surface area (Å²) in [5.41, 5.74) is 30.0. The highest BCUT2D eigenvalue weighted by molar-refractivity contribution is 7.99. The molecule has 0 bridgehead atoms. The second-order valence-electron chi connectivity index (χ2n) is 31.4. The molecule has 0 saturated carbocycles. The van der Waals surface area contributed by atoms with E-state index in [2.05, 4.69) is 355 Å². The molecule has 0 unspecified atom stereocenters. The van der Waals surface area contributed by atoms with Gasteiger partial charge < -0.3 is 14.7 Å². The van der Waals surface area contributed by atoms with Gasteiger partial charge in [0.05, 0.1) is 16.8 Å². The molecule has 3 nitrogen and oxygen atoms in total. The fourth-order valence-corrected chi connectivity index (χ4v) is 16.5. The molecule has 0 saturated heterocycles. The maximum atomic E-state index is 2.71. The third kappa shape index (κ3) is 9.45. The van der Waals surface area contributed by atoms with Gasteiger partial charge in [-0.15, -0.1) is 0 Å². The molecule has 1 spiro atoms. The second-order valence-corrected chi connectivity index (χ2v) is 32.5. The predicted octanol–water partition coefficient (Wildman–Crippen LogP) is 22.2. The van der Waals surface area contributed by atoms with Gasteiger partial charge in [0, 0.05) is 60.7 Å². The van der Waals surface area contributed by atoms with Crippen molar-refractivity contribution < 1.29 is 0 Å². The van der Waals surface area contributed by atoms with Crippen LogP contribution in [0.5, 0.6) is 0 Å². The van der Waals surface area contributed by atoms with Gasteiger partial charge in [-0.2, -0.15) is 0 Å². The van der Waals surface area contributed by atoms with Crippen molar-refractivity contribution in [3.8, 4) is 22.3 Å². The average Bonchev–Trinajstić information content (AvgIpc) is 1.38. The topological polar surface area (TPSA) is 9.72 Å². The van der Waals surface area contributed by atoms with Gasteiger partial charge in [-0.3, -0.25) is 0 Å². The van der Waals surface area contributed by atoms with E-state index in [9.17, 15) is 0 Å². The standard InChI is InChI=1S/C87H84BN3S/c1-82(2,3)56-33-41-61(42-34-56)89(62-43-35-57(36-44-62)83(4,5)6)64-53-75-80-76(54-64)91(73-49-39-59(85(10,11)12)51-66(73)55-25-17-16-18-26-55)74-50-40-60(86(13,14)15)52-72(74)88(80)71-48-47-70-79(81(71)90(75)63-45-37-58(38-46-63)84(7,8)9)65-27-19-20-28-67(65)87(70)68-29-21-23-31-77(68)92-78-32-24-22-30-69(78)87/h16-54H,1-15H3. The molecule has 456 valence electrons. The molecule has 0 fully saturated rings. The van der Waals surface area contributed by atoms with Crippen LogP contribution in [0, 0.1) is 0 Å². The van der Waals surface area contributed by atoms with E-state index in [-0.39, 0.29) is 33.8 Å². The molecule has 0 radical (unpaired) electrons. The highest BCUT2D eigenvalue weighted by Crippen LogP contribution is 2.65. The molecular weight excluding hydrogens is 1130 g/mol. The van der Waals surface area contributed by atoms with E-state index in [0.717, 1.165) is 39.8 Å². The highest BCUT2D eigenvalue weighted by Gasteiger charge is 2.54. The smallest absolute Gasteiger partial charge is 0.252 e. The van der Waals surface area contributed by atoms with Crippen LogP contribution < -0.4 is 31.1 Å².